The van der Waals surface area contributed by atoms with Crippen molar-refractivity contribution in [2.45, 2.75) is 0 Å². The van der Waals surface area contributed by atoms with Crippen LogP contribution in [0.2, 0.25) is 0 Å². The summed E-state index contributed by atoms with van der Waals surface area (Å²) in [6.45, 7) is 0. The normalized spacial score (nSPS) is 9.40. The van der Waals surface area contributed by atoms with Gasteiger partial charge in [0.2, 0.25) is 5.95 Å². The highest BCUT2D eigenvalue weighted by atomic mass is 19.1. The molecule has 1 aromatic heterocycles. The number of nitrogens with zero attached hydrogens (tertiary/aromatic N) is 1. The quantitative estimate of drug-likeness (QED) is 0.590. The van der Waals surface area contributed by atoms with Crippen LogP contribution in [0.1, 0.15) is 0 Å². The fourth-order valence-corrected chi connectivity index (χ4v) is 0.600. The summed E-state index contributed by atoms with van der Waals surface area (Å²) in [5.41, 5.74) is 5.68. The van der Waals surface area contributed by atoms with Crippen molar-refractivity contribution in [3.63, 3.8) is 0 Å². The highest BCUT2D eigenvalue weighted by Gasteiger charge is 1.99. The molecule has 1 heterocycles. The second-order valence-electron chi connectivity index (χ2n) is 1.75. The Bertz CT molecular complexity index is 239. The van der Waals surface area contributed by atoms with Gasteiger partial charge in [-0.3, -0.25) is 0 Å². The van der Waals surface area contributed by atoms with E-state index in [-0.39, 0.29) is 0 Å². The molecule has 0 saturated carbocycles. The summed E-state index contributed by atoms with van der Waals surface area (Å²) in [6.07, 6.45) is 1.22. The number of hydrogen-bond acceptors (Lipinski definition) is 3. The molecule has 54 valence electrons. The molecule has 2 N–H and O–H groups in total. The predicted molar refractivity (Wildman–Crippen MR) is 35.2 cm³/mol. The molecule has 0 saturated heterocycles. The summed E-state index contributed by atoms with van der Waals surface area (Å²) in [6, 6.07) is 1.13. The molecule has 10 heavy (non-hydrogen) atoms. The summed E-state index contributed by atoms with van der Waals surface area (Å²) >= 11 is 0. The van der Waals surface area contributed by atoms with Gasteiger partial charge in [0.25, 0.3) is 0 Å². The first-order valence-electron chi connectivity index (χ1n) is 2.69. The van der Waals surface area contributed by atoms with Crippen molar-refractivity contribution in [1.82, 2.24) is 4.98 Å². The number of rotatable bonds is 1. The van der Waals surface area contributed by atoms with Crippen molar-refractivity contribution >= 4 is 5.69 Å². The third kappa shape index (κ3) is 1.15. The van der Waals surface area contributed by atoms with E-state index in [1.54, 1.807) is 0 Å². The minimum atomic E-state index is -0.592. The van der Waals surface area contributed by atoms with E-state index in [1.165, 1.54) is 13.3 Å². The van der Waals surface area contributed by atoms with Crippen LogP contribution in [0.4, 0.5) is 10.1 Å². The van der Waals surface area contributed by atoms with Gasteiger partial charge < -0.3 is 10.5 Å². The van der Waals surface area contributed by atoms with E-state index in [1.807, 2.05) is 0 Å². The first-order chi connectivity index (χ1) is 4.74. The van der Waals surface area contributed by atoms with Crippen LogP contribution in [0.15, 0.2) is 12.3 Å². The Balaban J connectivity index is 3.09. The Morgan fingerprint density at radius 2 is 2.40 bits per heavy atom. The summed E-state index contributed by atoms with van der Waals surface area (Å²) in [5.74, 6) is -0.279. The Kier molecular flexibility index (Phi) is 1.71. The van der Waals surface area contributed by atoms with Gasteiger partial charge in [-0.15, -0.1) is 0 Å². The average Bonchev–Trinajstić information content (AvgIpc) is 1.94. The fraction of sp³-hybridized carbons (Fsp3) is 0.167. The van der Waals surface area contributed by atoms with Crippen molar-refractivity contribution in [2.75, 3.05) is 12.8 Å². The third-order valence-corrected chi connectivity index (χ3v) is 1.08. The zero-order chi connectivity index (χ0) is 7.56. The van der Waals surface area contributed by atoms with Crippen LogP contribution in [-0.4, -0.2) is 12.1 Å². The molecule has 0 fully saturated rings. The molecule has 3 nitrogen and oxygen atoms in total. The zero-order valence-electron chi connectivity index (χ0n) is 5.47. The molecule has 0 amide bonds. The standard InChI is InChI=1S/C6H7FN2O/c1-10-5-2-6(7)9-3-4(5)8/h2-3H,8H2,1H3. The maximum absolute atomic E-state index is 12.3. The van der Waals surface area contributed by atoms with Crippen molar-refractivity contribution in [3.8, 4) is 5.75 Å². The Hall–Kier alpha value is -1.32. The number of nitrogens with two attached hydrogens (primary N) is 1. The molecule has 0 aliphatic rings. The number of pyridine rings is 1. The summed E-state index contributed by atoms with van der Waals surface area (Å²) in [4.78, 5) is 3.32. The number of aromatic nitrogens is 1. The van der Waals surface area contributed by atoms with Crippen LogP contribution in [0.5, 0.6) is 5.75 Å². The van der Waals surface area contributed by atoms with Crippen molar-refractivity contribution in [3.05, 3.63) is 18.2 Å². The lowest BCUT2D eigenvalue weighted by Gasteiger charge is -2.01. The first-order valence-corrected chi connectivity index (χ1v) is 2.69. The van der Waals surface area contributed by atoms with Gasteiger partial charge >= 0.3 is 0 Å². The largest absolute Gasteiger partial charge is 0.494 e. The molecule has 0 radical (unpaired) electrons. The van der Waals surface area contributed by atoms with Gasteiger partial charge in [0.15, 0.2) is 0 Å². The molecule has 0 aromatic carbocycles. The molecular formula is C6H7FN2O. The molecule has 0 spiro atoms. The number of ether oxygens (including phenoxy) is 1. The smallest absolute Gasteiger partial charge is 0.216 e. The maximum Gasteiger partial charge on any atom is 0.216 e. The van der Waals surface area contributed by atoms with Gasteiger partial charge in [-0.25, -0.2) is 4.98 Å². The Labute approximate surface area is 57.6 Å². The van der Waals surface area contributed by atoms with Crippen LogP contribution < -0.4 is 10.5 Å². The average molecular weight is 142 g/mol. The minimum absolute atomic E-state index is 0.313. The van der Waals surface area contributed by atoms with Crippen LogP contribution in [0.3, 0.4) is 0 Å². The lowest BCUT2D eigenvalue weighted by molar-refractivity contribution is 0.411. The predicted octanol–water partition coefficient (Wildman–Crippen LogP) is 0.811. The van der Waals surface area contributed by atoms with Gasteiger partial charge in [-0.2, -0.15) is 4.39 Å². The number of hydrogen-bond donors (Lipinski definition) is 1. The number of nitrogen functional groups attached to an aromatic ring is 1. The first kappa shape index (κ1) is 6.80. The monoisotopic (exact) mass is 142 g/mol. The van der Waals surface area contributed by atoms with E-state index >= 15 is 0 Å². The van der Waals surface area contributed by atoms with E-state index in [0.29, 0.717) is 11.4 Å². The van der Waals surface area contributed by atoms with E-state index in [2.05, 4.69) is 4.98 Å². The number of halogens is 1. The Morgan fingerprint density at radius 1 is 1.70 bits per heavy atom. The van der Waals surface area contributed by atoms with E-state index in [4.69, 9.17) is 10.5 Å². The molecule has 0 unspecified atom stereocenters. The van der Waals surface area contributed by atoms with Crippen LogP contribution in [0, 0.1) is 5.95 Å². The zero-order valence-corrected chi connectivity index (χ0v) is 5.47. The molecule has 0 bridgehead atoms. The topological polar surface area (TPSA) is 48.1 Å². The van der Waals surface area contributed by atoms with Gasteiger partial charge in [0.1, 0.15) is 5.75 Å². The highest BCUT2D eigenvalue weighted by molar-refractivity contribution is 5.49. The van der Waals surface area contributed by atoms with Crippen molar-refractivity contribution in [2.24, 2.45) is 0 Å². The maximum atomic E-state index is 12.3. The molecule has 0 aliphatic carbocycles. The second kappa shape index (κ2) is 2.51. The van der Waals surface area contributed by atoms with Crippen LogP contribution in [0.25, 0.3) is 0 Å². The van der Waals surface area contributed by atoms with E-state index in [0.717, 1.165) is 6.07 Å². The molecule has 1 rings (SSSR count). The SMILES string of the molecule is COc1cc(F)ncc1N. The summed E-state index contributed by atoms with van der Waals surface area (Å²) < 4.78 is 17.0. The van der Waals surface area contributed by atoms with Gasteiger partial charge in [0.05, 0.1) is 19.0 Å². The van der Waals surface area contributed by atoms with Crippen LogP contribution >= 0.6 is 0 Å². The highest BCUT2D eigenvalue weighted by Crippen LogP contribution is 2.18. The van der Waals surface area contributed by atoms with Gasteiger partial charge in [-0.1, -0.05) is 0 Å². The van der Waals surface area contributed by atoms with Crippen LogP contribution in [-0.2, 0) is 0 Å². The summed E-state index contributed by atoms with van der Waals surface area (Å²) in [5, 5.41) is 0. The van der Waals surface area contributed by atoms with Gasteiger partial charge in [0, 0.05) is 6.07 Å². The number of anilines is 1. The molecule has 4 heteroatoms. The number of methoxy groups -OCH3 is 1. The molecular weight excluding hydrogens is 135 g/mol. The lowest BCUT2D eigenvalue weighted by atomic mass is 10.4. The molecule has 1 aromatic rings. The molecule has 0 atom stereocenters. The third-order valence-electron chi connectivity index (χ3n) is 1.08. The van der Waals surface area contributed by atoms with Crippen molar-refractivity contribution in [1.29, 1.82) is 0 Å². The Morgan fingerprint density at radius 3 is 2.90 bits per heavy atom. The van der Waals surface area contributed by atoms with E-state index in [9.17, 15) is 4.39 Å². The fourth-order valence-electron chi connectivity index (χ4n) is 0.600. The molecule has 0 aliphatic heterocycles. The summed E-state index contributed by atoms with van der Waals surface area (Å²) in [7, 11) is 1.42. The second-order valence-corrected chi connectivity index (χ2v) is 1.75. The van der Waals surface area contributed by atoms with Gasteiger partial charge in [-0.05, 0) is 0 Å². The van der Waals surface area contributed by atoms with E-state index < -0.39 is 5.95 Å². The minimum Gasteiger partial charge on any atom is -0.494 e. The lowest BCUT2D eigenvalue weighted by Crippen LogP contribution is -1.94. The van der Waals surface area contributed by atoms with Crippen molar-refractivity contribution < 1.29 is 9.13 Å².